The van der Waals surface area contributed by atoms with Crippen LogP contribution in [0.25, 0.3) is 10.9 Å². The second-order valence-corrected chi connectivity index (χ2v) is 7.19. The predicted octanol–water partition coefficient (Wildman–Crippen LogP) is 4.58. The Balaban J connectivity index is 1.63. The maximum Gasteiger partial charge on any atom is 0.270 e. The lowest BCUT2D eigenvalue weighted by atomic mass is 10.0. The van der Waals surface area contributed by atoms with Crippen molar-refractivity contribution in [2.45, 2.75) is 25.3 Å². The van der Waals surface area contributed by atoms with Crippen molar-refractivity contribution in [2.24, 2.45) is 0 Å². The van der Waals surface area contributed by atoms with Gasteiger partial charge in [-0.3, -0.25) is 14.9 Å². The van der Waals surface area contributed by atoms with Crippen molar-refractivity contribution in [3.63, 3.8) is 0 Å². The van der Waals surface area contributed by atoms with Gasteiger partial charge >= 0.3 is 0 Å². The normalized spacial score (nSPS) is 16.8. The summed E-state index contributed by atoms with van der Waals surface area (Å²) in [7, 11) is 0. The van der Waals surface area contributed by atoms with E-state index in [2.05, 4.69) is 4.98 Å². The molecule has 1 aliphatic rings. The van der Waals surface area contributed by atoms with Crippen LogP contribution in [0.2, 0.25) is 5.02 Å². The van der Waals surface area contributed by atoms with Gasteiger partial charge in [0.05, 0.1) is 10.5 Å². The predicted molar refractivity (Wildman–Crippen MR) is 104 cm³/mol. The molecule has 1 aliphatic heterocycles. The summed E-state index contributed by atoms with van der Waals surface area (Å²) in [5.41, 5.74) is 2.19. The van der Waals surface area contributed by atoms with Gasteiger partial charge in [-0.25, -0.2) is 0 Å². The third-order valence-corrected chi connectivity index (χ3v) is 5.53. The number of likely N-dealkylation sites (tertiary alicyclic amines) is 1. The van der Waals surface area contributed by atoms with E-state index in [1.54, 1.807) is 12.3 Å². The van der Waals surface area contributed by atoms with Crippen LogP contribution in [0.1, 0.15) is 28.8 Å². The largest absolute Gasteiger partial charge is 0.360 e. The monoisotopic (exact) mass is 383 g/mol. The number of non-ortho nitro benzene ring substituents is 1. The number of nitrogens with zero attached hydrogens (tertiary/aromatic N) is 2. The third kappa shape index (κ3) is 3.28. The van der Waals surface area contributed by atoms with Crippen LogP contribution in [0.5, 0.6) is 0 Å². The number of benzene rings is 2. The Hall–Kier alpha value is -2.86. The minimum absolute atomic E-state index is 0.0230. The minimum Gasteiger partial charge on any atom is -0.360 e. The Morgan fingerprint density at radius 3 is 2.89 bits per heavy atom. The van der Waals surface area contributed by atoms with Gasteiger partial charge in [-0.15, -0.1) is 0 Å². The van der Waals surface area contributed by atoms with Gasteiger partial charge in [0.1, 0.15) is 0 Å². The van der Waals surface area contributed by atoms with E-state index in [9.17, 15) is 14.9 Å². The first-order valence-corrected chi connectivity index (χ1v) is 9.22. The number of amides is 1. The smallest absolute Gasteiger partial charge is 0.270 e. The van der Waals surface area contributed by atoms with E-state index in [1.165, 1.54) is 12.1 Å². The number of halogens is 1. The standard InChI is InChI=1S/C20H18ClN3O3/c21-18-6-2-1-4-13(18)10-14-5-3-9-23(14)20(25)17-12-22-19-8-7-15(24(26)27)11-16(17)19/h1-2,4,6-8,11-12,14,22H,3,5,9-10H2. The first kappa shape index (κ1) is 17.5. The number of carbonyl (C=O) groups is 1. The number of hydrogen-bond donors (Lipinski definition) is 1. The van der Waals surface area contributed by atoms with E-state index in [-0.39, 0.29) is 17.6 Å². The average Bonchev–Trinajstić information content (AvgIpc) is 3.29. The van der Waals surface area contributed by atoms with Crippen LogP contribution < -0.4 is 0 Å². The molecular formula is C20H18ClN3O3. The molecule has 4 rings (SSSR count). The Morgan fingerprint density at radius 1 is 1.30 bits per heavy atom. The molecule has 1 atom stereocenters. The Morgan fingerprint density at radius 2 is 2.11 bits per heavy atom. The van der Waals surface area contributed by atoms with Gasteiger partial charge in [0.15, 0.2) is 0 Å². The highest BCUT2D eigenvalue weighted by Gasteiger charge is 2.31. The molecule has 0 saturated carbocycles. The molecule has 7 heteroatoms. The molecule has 1 saturated heterocycles. The molecule has 1 unspecified atom stereocenters. The zero-order valence-corrected chi connectivity index (χ0v) is 15.3. The topological polar surface area (TPSA) is 79.2 Å². The van der Waals surface area contributed by atoms with Crippen LogP contribution in [0, 0.1) is 10.1 Å². The van der Waals surface area contributed by atoms with Crippen LogP contribution in [0.3, 0.4) is 0 Å². The fourth-order valence-corrected chi connectivity index (χ4v) is 4.00. The molecule has 1 aromatic heterocycles. The van der Waals surface area contributed by atoms with Gasteiger partial charge in [0, 0.05) is 46.8 Å². The molecule has 6 nitrogen and oxygen atoms in total. The second-order valence-electron chi connectivity index (χ2n) is 6.78. The number of aromatic amines is 1. The molecule has 0 spiro atoms. The maximum absolute atomic E-state index is 13.2. The quantitative estimate of drug-likeness (QED) is 0.529. The Kier molecular flexibility index (Phi) is 4.58. The molecule has 2 aromatic carbocycles. The number of nitro groups is 1. The van der Waals surface area contributed by atoms with Crippen molar-refractivity contribution in [3.05, 3.63) is 74.9 Å². The molecule has 2 heterocycles. The molecule has 1 fully saturated rings. The highest BCUT2D eigenvalue weighted by atomic mass is 35.5. The lowest BCUT2D eigenvalue weighted by Crippen LogP contribution is -2.36. The number of fused-ring (bicyclic) bond motifs is 1. The van der Waals surface area contributed by atoms with Crippen molar-refractivity contribution in [3.8, 4) is 0 Å². The summed E-state index contributed by atoms with van der Waals surface area (Å²) in [4.78, 5) is 28.7. The molecule has 1 amide bonds. The lowest BCUT2D eigenvalue weighted by molar-refractivity contribution is -0.384. The van der Waals surface area contributed by atoms with E-state index < -0.39 is 4.92 Å². The number of aromatic nitrogens is 1. The van der Waals surface area contributed by atoms with Crippen molar-refractivity contribution in [1.82, 2.24) is 9.88 Å². The zero-order valence-electron chi connectivity index (χ0n) is 14.5. The van der Waals surface area contributed by atoms with Gasteiger partial charge < -0.3 is 9.88 Å². The van der Waals surface area contributed by atoms with Gasteiger partial charge in [0.2, 0.25) is 0 Å². The van der Waals surface area contributed by atoms with E-state index in [0.717, 1.165) is 18.4 Å². The fourth-order valence-electron chi connectivity index (χ4n) is 3.79. The van der Waals surface area contributed by atoms with E-state index in [4.69, 9.17) is 11.6 Å². The third-order valence-electron chi connectivity index (χ3n) is 5.16. The summed E-state index contributed by atoms with van der Waals surface area (Å²) in [5.74, 6) is -0.101. The second kappa shape index (κ2) is 7.04. The van der Waals surface area contributed by atoms with Gasteiger partial charge in [-0.1, -0.05) is 29.8 Å². The van der Waals surface area contributed by atoms with Gasteiger partial charge in [0.25, 0.3) is 11.6 Å². The van der Waals surface area contributed by atoms with Crippen LogP contribution in [0.15, 0.2) is 48.7 Å². The molecular weight excluding hydrogens is 366 g/mol. The highest BCUT2D eigenvalue weighted by Crippen LogP contribution is 2.29. The summed E-state index contributed by atoms with van der Waals surface area (Å²) < 4.78 is 0. The van der Waals surface area contributed by atoms with Gasteiger partial charge in [-0.2, -0.15) is 0 Å². The molecule has 0 bridgehead atoms. The summed E-state index contributed by atoms with van der Waals surface area (Å²) in [6.07, 6.45) is 4.19. The highest BCUT2D eigenvalue weighted by molar-refractivity contribution is 6.31. The maximum atomic E-state index is 13.2. The van der Waals surface area contributed by atoms with Crippen molar-refractivity contribution >= 4 is 34.1 Å². The van der Waals surface area contributed by atoms with Crippen LogP contribution >= 0.6 is 11.6 Å². The lowest BCUT2D eigenvalue weighted by Gasteiger charge is -2.25. The fraction of sp³-hybridized carbons (Fsp3) is 0.250. The average molecular weight is 384 g/mol. The first-order valence-electron chi connectivity index (χ1n) is 8.84. The minimum atomic E-state index is -0.448. The van der Waals surface area contributed by atoms with Crippen molar-refractivity contribution in [1.29, 1.82) is 0 Å². The zero-order chi connectivity index (χ0) is 19.0. The molecule has 138 valence electrons. The van der Waals surface area contributed by atoms with Crippen LogP contribution in [-0.4, -0.2) is 33.3 Å². The van der Waals surface area contributed by atoms with Crippen LogP contribution in [0.4, 0.5) is 5.69 Å². The molecule has 3 aromatic rings. The van der Waals surface area contributed by atoms with E-state index in [1.807, 2.05) is 29.2 Å². The number of nitrogens with one attached hydrogen (secondary N) is 1. The van der Waals surface area contributed by atoms with E-state index >= 15 is 0 Å². The number of rotatable bonds is 4. The van der Waals surface area contributed by atoms with Crippen molar-refractivity contribution in [2.75, 3.05) is 6.54 Å². The number of hydrogen-bond acceptors (Lipinski definition) is 3. The Bertz CT molecular complexity index is 1030. The summed E-state index contributed by atoms with van der Waals surface area (Å²) in [6.45, 7) is 0.676. The Labute approximate surface area is 160 Å². The molecule has 0 aliphatic carbocycles. The summed E-state index contributed by atoms with van der Waals surface area (Å²) in [5, 5.41) is 12.4. The molecule has 27 heavy (non-hydrogen) atoms. The molecule has 0 radical (unpaired) electrons. The number of nitro benzene ring substituents is 1. The first-order chi connectivity index (χ1) is 13.0. The summed E-state index contributed by atoms with van der Waals surface area (Å²) in [6, 6.07) is 12.3. The summed E-state index contributed by atoms with van der Waals surface area (Å²) >= 11 is 6.28. The molecule has 1 N–H and O–H groups in total. The van der Waals surface area contributed by atoms with E-state index in [0.29, 0.717) is 34.5 Å². The number of H-pyrrole nitrogens is 1. The van der Waals surface area contributed by atoms with Crippen molar-refractivity contribution < 1.29 is 9.72 Å². The number of carbonyl (C=O) groups excluding carboxylic acids is 1. The SMILES string of the molecule is O=C(c1c[nH]c2ccc([N+](=O)[O-])cc12)N1CCCC1Cc1ccccc1Cl. The van der Waals surface area contributed by atoms with Crippen LogP contribution in [-0.2, 0) is 6.42 Å². The van der Waals surface area contributed by atoms with Gasteiger partial charge in [-0.05, 0) is 37.0 Å².